The molecule has 6 heteroatoms. The van der Waals surface area contributed by atoms with Crippen LogP contribution in [0.15, 0.2) is 52.9 Å². The summed E-state index contributed by atoms with van der Waals surface area (Å²) >= 11 is 0. The molecule has 0 amide bonds. The van der Waals surface area contributed by atoms with Gasteiger partial charge in [-0.3, -0.25) is 0 Å². The molecule has 0 spiro atoms. The van der Waals surface area contributed by atoms with Crippen molar-refractivity contribution in [2.24, 2.45) is 0 Å². The highest BCUT2D eigenvalue weighted by Gasteiger charge is 2.15. The third kappa shape index (κ3) is 3.83. The summed E-state index contributed by atoms with van der Waals surface area (Å²) in [5.41, 5.74) is 4.28. The summed E-state index contributed by atoms with van der Waals surface area (Å²) in [7, 11) is 0. The van der Waals surface area contributed by atoms with E-state index in [9.17, 15) is 0 Å². The maximum absolute atomic E-state index is 6.05. The highest BCUT2D eigenvalue weighted by Crippen LogP contribution is 2.28. The largest absolute Gasteiger partial charge is 0.416 e. The Kier molecular flexibility index (Phi) is 5.35. The fraction of sp³-hybridized carbons (Fsp3) is 0.300. The van der Waals surface area contributed by atoms with E-state index in [1.807, 2.05) is 36.4 Å². The van der Waals surface area contributed by atoms with Crippen LogP contribution < -0.4 is 16.0 Å². The zero-order valence-electron chi connectivity index (χ0n) is 14.7. The van der Waals surface area contributed by atoms with Crippen molar-refractivity contribution in [2.45, 2.75) is 13.1 Å². The Morgan fingerprint density at radius 2 is 1.08 bits per heavy atom. The van der Waals surface area contributed by atoms with E-state index in [4.69, 9.17) is 4.42 Å². The maximum atomic E-state index is 6.05. The van der Waals surface area contributed by atoms with Crippen molar-refractivity contribution >= 4 is 0 Å². The zero-order valence-corrected chi connectivity index (χ0v) is 14.7. The predicted octanol–water partition coefficient (Wildman–Crippen LogP) is 2.19. The first-order chi connectivity index (χ1) is 12.9. The Morgan fingerprint density at radius 1 is 0.615 bits per heavy atom. The molecule has 1 aliphatic heterocycles. The van der Waals surface area contributed by atoms with Crippen LogP contribution >= 0.6 is 0 Å². The first-order valence-corrected chi connectivity index (χ1v) is 9.04. The lowest BCUT2D eigenvalue weighted by Crippen LogP contribution is -2.32. The minimum Gasteiger partial charge on any atom is -0.416 e. The van der Waals surface area contributed by atoms with Crippen molar-refractivity contribution in [1.82, 2.24) is 26.1 Å². The molecule has 1 aromatic heterocycles. The lowest BCUT2D eigenvalue weighted by molar-refractivity contribution is 0.568. The number of benzene rings is 2. The van der Waals surface area contributed by atoms with Gasteiger partial charge >= 0.3 is 0 Å². The van der Waals surface area contributed by atoms with Gasteiger partial charge in [0, 0.05) is 50.4 Å². The summed E-state index contributed by atoms with van der Waals surface area (Å²) in [5.74, 6) is 1.12. The molecule has 2 heterocycles. The SMILES string of the molecule is c1ccc2c(c1)CNCCNCCNCc1ccccc1-c1nnc-2o1. The second-order valence-electron chi connectivity index (χ2n) is 6.33. The van der Waals surface area contributed by atoms with Gasteiger partial charge in [-0.05, 0) is 23.3 Å². The quantitative estimate of drug-likeness (QED) is 0.578. The smallest absolute Gasteiger partial charge is 0.248 e. The minimum atomic E-state index is 0.561. The molecule has 6 nitrogen and oxygen atoms in total. The molecule has 0 saturated heterocycles. The number of hydrogen-bond donors (Lipinski definition) is 3. The van der Waals surface area contributed by atoms with Crippen LogP contribution in [0.2, 0.25) is 0 Å². The summed E-state index contributed by atoms with van der Waals surface area (Å²) in [6.45, 7) is 5.23. The molecule has 26 heavy (non-hydrogen) atoms. The van der Waals surface area contributed by atoms with E-state index in [2.05, 4.69) is 38.3 Å². The topological polar surface area (TPSA) is 75.0 Å². The lowest BCUT2D eigenvalue weighted by atomic mass is 10.1. The maximum Gasteiger partial charge on any atom is 0.248 e. The Bertz CT molecular complexity index is 793. The van der Waals surface area contributed by atoms with Gasteiger partial charge in [-0.25, -0.2) is 0 Å². The van der Waals surface area contributed by atoms with E-state index in [0.29, 0.717) is 11.8 Å². The van der Waals surface area contributed by atoms with E-state index in [1.165, 1.54) is 0 Å². The minimum absolute atomic E-state index is 0.561. The van der Waals surface area contributed by atoms with Crippen LogP contribution in [0.3, 0.4) is 0 Å². The van der Waals surface area contributed by atoms with Gasteiger partial charge in [-0.15, -0.1) is 10.2 Å². The van der Waals surface area contributed by atoms with Crippen LogP contribution in [-0.4, -0.2) is 36.4 Å². The molecule has 4 rings (SSSR count). The standard InChI is InChI=1S/C20H23N5O/c1-3-7-17-15(5-1)13-22-11-9-21-10-12-23-14-16-6-2-4-8-18(16)20-25-24-19(17)26-20/h1-8,21-23H,9-14H2. The number of fused-ring (bicyclic) bond motifs is 6. The van der Waals surface area contributed by atoms with Crippen LogP contribution in [0.25, 0.3) is 22.9 Å². The van der Waals surface area contributed by atoms with E-state index >= 15 is 0 Å². The Balaban J connectivity index is 1.71. The van der Waals surface area contributed by atoms with E-state index in [0.717, 1.165) is 61.5 Å². The van der Waals surface area contributed by atoms with Crippen molar-refractivity contribution in [3.8, 4) is 22.9 Å². The average molecular weight is 349 g/mol. The second kappa shape index (κ2) is 8.23. The highest BCUT2D eigenvalue weighted by atomic mass is 16.4. The third-order valence-electron chi connectivity index (χ3n) is 4.51. The zero-order chi connectivity index (χ0) is 17.6. The molecule has 3 aromatic rings. The Hall–Kier alpha value is -2.54. The molecule has 0 unspecified atom stereocenters. The number of nitrogens with one attached hydrogen (secondary N) is 3. The first-order valence-electron chi connectivity index (χ1n) is 9.04. The Labute approximate surface area is 153 Å². The average Bonchev–Trinajstić information content (AvgIpc) is 3.16. The van der Waals surface area contributed by atoms with Crippen LogP contribution in [0.4, 0.5) is 0 Å². The molecule has 1 aliphatic rings. The van der Waals surface area contributed by atoms with Crippen molar-refractivity contribution < 1.29 is 4.42 Å². The third-order valence-corrected chi connectivity index (χ3v) is 4.51. The van der Waals surface area contributed by atoms with Gasteiger partial charge in [0.15, 0.2) is 0 Å². The van der Waals surface area contributed by atoms with Crippen LogP contribution in [0.1, 0.15) is 11.1 Å². The fourth-order valence-corrected chi connectivity index (χ4v) is 3.13. The van der Waals surface area contributed by atoms with Gasteiger partial charge in [0.25, 0.3) is 0 Å². The van der Waals surface area contributed by atoms with Crippen molar-refractivity contribution in [2.75, 3.05) is 26.2 Å². The summed E-state index contributed by atoms with van der Waals surface area (Å²) in [6.07, 6.45) is 0. The van der Waals surface area contributed by atoms with Crippen molar-refractivity contribution in [3.05, 3.63) is 59.7 Å². The van der Waals surface area contributed by atoms with Gasteiger partial charge in [-0.2, -0.15) is 0 Å². The first kappa shape index (κ1) is 16.9. The molecule has 0 radical (unpaired) electrons. The van der Waals surface area contributed by atoms with Gasteiger partial charge in [0.1, 0.15) is 0 Å². The van der Waals surface area contributed by atoms with Crippen LogP contribution in [-0.2, 0) is 13.1 Å². The highest BCUT2D eigenvalue weighted by molar-refractivity contribution is 5.63. The normalized spacial score (nSPS) is 15.8. The van der Waals surface area contributed by atoms with Crippen molar-refractivity contribution in [1.29, 1.82) is 0 Å². The van der Waals surface area contributed by atoms with Crippen molar-refractivity contribution in [3.63, 3.8) is 0 Å². The summed E-state index contributed by atoms with van der Waals surface area (Å²) < 4.78 is 6.05. The number of aromatic nitrogens is 2. The fourth-order valence-electron chi connectivity index (χ4n) is 3.13. The second-order valence-corrected chi connectivity index (χ2v) is 6.33. The molecule has 2 aromatic carbocycles. The van der Waals surface area contributed by atoms with Crippen LogP contribution in [0.5, 0.6) is 0 Å². The molecular weight excluding hydrogens is 326 g/mol. The predicted molar refractivity (Wildman–Crippen MR) is 101 cm³/mol. The van der Waals surface area contributed by atoms with E-state index in [1.54, 1.807) is 0 Å². The van der Waals surface area contributed by atoms with Crippen LogP contribution in [0, 0.1) is 0 Å². The summed E-state index contributed by atoms with van der Waals surface area (Å²) in [5, 5.41) is 19.0. The molecular formula is C20H23N5O. The summed E-state index contributed by atoms with van der Waals surface area (Å²) in [6, 6.07) is 16.3. The van der Waals surface area contributed by atoms with Gasteiger partial charge in [0.2, 0.25) is 11.8 Å². The molecule has 3 N–H and O–H groups in total. The number of nitrogens with zero attached hydrogens (tertiary/aromatic N) is 2. The van der Waals surface area contributed by atoms with Gasteiger partial charge < -0.3 is 20.4 Å². The molecule has 0 fully saturated rings. The Morgan fingerprint density at radius 3 is 1.62 bits per heavy atom. The van der Waals surface area contributed by atoms with Gasteiger partial charge in [-0.1, -0.05) is 36.4 Å². The molecule has 2 bridgehead atoms. The number of rotatable bonds is 0. The molecule has 134 valence electrons. The lowest BCUT2D eigenvalue weighted by Gasteiger charge is -2.11. The molecule has 0 atom stereocenters. The molecule has 0 aliphatic carbocycles. The van der Waals surface area contributed by atoms with E-state index < -0.39 is 0 Å². The summed E-state index contributed by atoms with van der Waals surface area (Å²) in [4.78, 5) is 0. The number of hydrogen-bond acceptors (Lipinski definition) is 6. The monoisotopic (exact) mass is 349 g/mol. The molecule has 0 saturated carbocycles. The van der Waals surface area contributed by atoms with Gasteiger partial charge in [0.05, 0.1) is 0 Å². The van der Waals surface area contributed by atoms with E-state index in [-0.39, 0.29) is 0 Å².